The first-order valence-electron chi connectivity index (χ1n) is 6.71. The molecule has 0 aromatic heterocycles. The van der Waals surface area contributed by atoms with Crippen LogP contribution >= 0.6 is 0 Å². The SMILES string of the molecule is CO[C@@H]1[C@H](O)C(CO)O[C@H]1c1cccc2ccccc12. The first-order valence-corrected chi connectivity index (χ1v) is 6.71. The van der Waals surface area contributed by atoms with Crippen LogP contribution in [0, 0.1) is 0 Å². The molecule has 0 spiro atoms. The molecule has 0 bridgehead atoms. The van der Waals surface area contributed by atoms with E-state index in [1.54, 1.807) is 7.11 Å². The summed E-state index contributed by atoms with van der Waals surface area (Å²) in [7, 11) is 1.55. The second-order valence-electron chi connectivity index (χ2n) is 5.04. The van der Waals surface area contributed by atoms with Crippen LogP contribution in [-0.4, -0.2) is 42.2 Å². The van der Waals surface area contributed by atoms with Crippen molar-refractivity contribution in [1.29, 1.82) is 0 Å². The number of hydrogen-bond donors (Lipinski definition) is 2. The van der Waals surface area contributed by atoms with Crippen LogP contribution in [0.4, 0.5) is 0 Å². The Morgan fingerprint density at radius 1 is 1.15 bits per heavy atom. The van der Waals surface area contributed by atoms with Crippen LogP contribution in [0.25, 0.3) is 10.8 Å². The van der Waals surface area contributed by atoms with E-state index in [4.69, 9.17) is 9.47 Å². The van der Waals surface area contributed by atoms with Crippen molar-refractivity contribution in [2.24, 2.45) is 0 Å². The Kier molecular flexibility index (Phi) is 3.72. The van der Waals surface area contributed by atoms with Gasteiger partial charge in [-0.3, -0.25) is 0 Å². The van der Waals surface area contributed by atoms with Crippen LogP contribution in [0.15, 0.2) is 42.5 Å². The molecule has 0 radical (unpaired) electrons. The first kappa shape index (κ1) is 13.5. The summed E-state index contributed by atoms with van der Waals surface area (Å²) in [4.78, 5) is 0. The van der Waals surface area contributed by atoms with Crippen molar-refractivity contribution in [3.05, 3.63) is 48.0 Å². The number of ether oxygens (including phenoxy) is 2. The fraction of sp³-hybridized carbons (Fsp3) is 0.375. The van der Waals surface area contributed by atoms with Gasteiger partial charge in [0.15, 0.2) is 0 Å². The van der Waals surface area contributed by atoms with Crippen molar-refractivity contribution in [1.82, 2.24) is 0 Å². The van der Waals surface area contributed by atoms with Crippen molar-refractivity contribution in [2.45, 2.75) is 24.4 Å². The number of methoxy groups -OCH3 is 1. The molecule has 106 valence electrons. The highest BCUT2D eigenvalue weighted by atomic mass is 16.6. The zero-order valence-electron chi connectivity index (χ0n) is 11.3. The third-order valence-electron chi connectivity index (χ3n) is 3.92. The topological polar surface area (TPSA) is 58.9 Å². The average molecular weight is 274 g/mol. The molecule has 4 nitrogen and oxygen atoms in total. The van der Waals surface area contributed by atoms with Crippen LogP contribution < -0.4 is 0 Å². The third kappa shape index (κ3) is 2.11. The van der Waals surface area contributed by atoms with Gasteiger partial charge in [0, 0.05) is 7.11 Å². The van der Waals surface area contributed by atoms with Gasteiger partial charge in [0.25, 0.3) is 0 Å². The summed E-state index contributed by atoms with van der Waals surface area (Å²) in [6, 6.07) is 14.0. The van der Waals surface area contributed by atoms with Gasteiger partial charge in [-0.25, -0.2) is 0 Å². The van der Waals surface area contributed by atoms with Crippen LogP contribution in [0.3, 0.4) is 0 Å². The molecule has 0 saturated carbocycles. The lowest BCUT2D eigenvalue weighted by Crippen LogP contribution is -2.33. The highest BCUT2D eigenvalue weighted by Crippen LogP contribution is 2.38. The molecule has 20 heavy (non-hydrogen) atoms. The molecule has 1 fully saturated rings. The van der Waals surface area contributed by atoms with Crippen LogP contribution in [-0.2, 0) is 9.47 Å². The van der Waals surface area contributed by atoms with Gasteiger partial charge in [-0.05, 0) is 16.3 Å². The lowest BCUT2D eigenvalue weighted by molar-refractivity contribution is -0.0228. The number of aliphatic hydroxyl groups excluding tert-OH is 2. The van der Waals surface area contributed by atoms with Crippen molar-refractivity contribution in [3.8, 4) is 0 Å². The van der Waals surface area contributed by atoms with E-state index in [0.29, 0.717) is 0 Å². The summed E-state index contributed by atoms with van der Waals surface area (Å²) in [6.07, 6.45) is -2.28. The van der Waals surface area contributed by atoms with Crippen molar-refractivity contribution < 1.29 is 19.7 Å². The second-order valence-corrected chi connectivity index (χ2v) is 5.04. The van der Waals surface area contributed by atoms with Crippen molar-refractivity contribution in [2.75, 3.05) is 13.7 Å². The molecule has 0 aliphatic carbocycles. The van der Waals surface area contributed by atoms with Gasteiger partial charge >= 0.3 is 0 Å². The summed E-state index contributed by atoms with van der Waals surface area (Å²) < 4.78 is 11.2. The van der Waals surface area contributed by atoms with E-state index in [1.165, 1.54) is 0 Å². The Morgan fingerprint density at radius 3 is 2.65 bits per heavy atom. The molecule has 1 unspecified atom stereocenters. The highest BCUT2D eigenvalue weighted by Gasteiger charge is 2.44. The lowest BCUT2D eigenvalue weighted by Gasteiger charge is -2.20. The normalized spacial score (nSPS) is 29.9. The summed E-state index contributed by atoms with van der Waals surface area (Å²) in [5, 5.41) is 21.6. The standard InChI is InChI=1S/C16H18O4/c1-19-16-14(18)13(9-17)20-15(16)12-8-4-6-10-5-2-3-7-11(10)12/h2-8,13-18H,9H2,1H3/t13?,14-,15+,16-/m1/s1. The minimum absolute atomic E-state index is 0.220. The van der Waals surface area contributed by atoms with Gasteiger partial charge in [0.1, 0.15) is 24.4 Å². The number of hydrogen-bond acceptors (Lipinski definition) is 4. The quantitative estimate of drug-likeness (QED) is 0.893. The highest BCUT2D eigenvalue weighted by molar-refractivity contribution is 5.86. The molecular weight excluding hydrogens is 256 g/mol. The molecule has 1 saturated heterocycles. The van der Waals surface area contributed by atoms with E-state index in [1.807, 2.05) is 42.5 Å². The van der Waals surface area contributed by atoms with Gasteiger partial charge in [-0.2, -0.15) is 0 Å². The van der Waals surface area contributed by atoms with Crippen molar-refractivity contribution >= 4 is 10.8 Å². The molecule has 1 aliphatic heterocycles. The molecule has 4 heteroatoms. The Balaban J connectivity index is 2.06. The predicted molar refractivity (Wildman–Crippen MR) is 75.5 cm³/mol. The van der Waals surface area contributed by atoms with E-state index < -0.39 is 18.3 Å². The monoisotopic (exact) mass is 274 g/mol. The smallest absolute Gasteiger partial charge is 0.116 e. The molecule has 2 N–H and O–H groups in total. The number of rotatable bonds is 3. The molecule has 1 heterocycles. The first-order chi connectivity index (χ1) is 9.76. The summed E-state index contributed by atoms with van der Waals surface area (Å²) in [6.45, 7) is -0.220. The van der Waals surface area contributed by atoms with Gasteiger partial charge in [-0.15, -0.1) is 0 Å². The van der Waals surface area contributed by atoms with Gasteiger partial charge in [0.2, 0.25) is 0 Å². The van der Waals surface area contributed by atoms with E-state index >= 15 is 0 Å². The predicted octanol–water partition coefficient (Wildman–Crippen LogP) is 1.65. The number of benzene rings is 2. The summed E-state index contributed by atoms with van der Waals surface area (Å²) in [5.41, 5.74) is 0.977. The van der Waals surface area contributed by atoms with Crippen LogP contribution in [0.1, 0.15) is 11.7 Å². The maximum Gasteiger partial charge on any atom is 0.116 e. The van der Waals surface area contributed by atoms with Crippen molar-refractivity contribution in [3.63, 3.8) is 0 Å². The van der Waals surface area contributed by atoms with E-state index in [9.17, 15) is 10.2 Å². The number of aliphatic hydroxyl groups is 2. The molecule has 2 aromatic carbocycles. The maximum absolute atomic E-state index is 10.1. The maximum atomic E-state index is 10.1. The molecular formula is C16H18O4. The Bertz CT molecular complexity index is 593. The molecule has 3 rings (SSSR count). The zero-order chi connectivity index (χ0) is 14.1. The molecule has 4 atom stereocenters. The second kappa shape index (κ2) is 5.50. The zero-order valence-corrected chi connectivity index (χ0v) is 11.3. The largest absolute Gasteiger partial charge is 0.394 e. The van der Waals surface area contributed by atoms with E-state index in [-0.39, 0.29) is 12.7 Å². The van der Waals surface area contributed by atoms with E-state index in [2.05, 4.69) is 0 Å². The molecule has 1 aliphatic rings. The van der Waals surface area contributed by atoms with E-state index in [0.717, 1.165) is 16.3 Å². The lowest BCUT2D eigenvalue weighted by atomic mass is 9.96. The van der Waals surface area contributed by atoms with Crippen LogP contribution in [0.2, 0.25) is 0 Å². The minimum Gasteiger partial charge on any atom is -0.394 e. The van der Waals surface area contributed by atoms with Gasteiger partial charge in [0.05, 0.1) is 6.61 Å². The minimum atomic E-state index is -0.825. The Morgan fingerprint density at radius 2 is 1.90 bits per heavy atom. The Hall–Kier alpha value is -1.46. The fourth-order valence-corrected chi connectivity index (χ4v) is 2.90. The average Bonchev–Trinajstić information content (AvgIpc) is 2.82. The molecule has 2 aromatic rings. The summed E-state index contributed by atoms with van der Waals surface area (Å²) in [5.74, 6) is 0. The molecule has 0 amide bonds. The Labute approximate surface area is 117 Å². The number of fused-ring (bicyclic) bond motifs is 1. The fourth-order valence-electron chi connectivity index (χ4n) is 2.90. The van der Waals surface area contributed by atoms with Gasteiger partial charge < -0.3 is 19.7 Å². The van der Waals surface area contributed by atoms with Crippen LogP contribution in [0.5, 0.6) is 0 Å². The summed E-state index contributed by atoms with van der Waals surface area (Å²) >= 11 is 0. The third-order valence-corrected chi connectivity index (χ3v) is 3.92. The van der Waals surface area contributed by atoms with Gasteiger partial charge in [-0.1, -0.05) is 42.5 Å².